The first kappa shape index (κ1) is 9.47. The molecule has 1 aromatic carbocycles. The van der Waals surface area contributed by atoms with Crippen LogP contribution in [-0.4, -0.2) is 0 Å². The Kier molecular flexibility index (Phi) is 2.81. The molecule has 0 fully saturated rings. The molecule has 0 amide bonds. The van der Waals surface area contributed by atoms with Gasteiger partial charge in [0.05, 0.1) is 5.56 Å². The molecule has 0 N–H and O–H groups in total. The maximum absolute atomic E-state index is 13.1. The topological polar surface area (TPSA) is 23.8 Å². The summed E-state index contributed by atoms with van der Waals surface area (Å²) in [6.07, 6.45) is 1.90. The van der Waals surface area contributed by atoms with Crippen LogP contribution in [0.1, 0.15) is 25.0 Å². The lowest BCUT2D eigenvalue weighted by Gasteiger charge is -2.01. The van der Waals surface area contributed by atoms with Gasteiger partial charge in [0.1, 0.15) is 11.9 Å². The molecule has 0 aliphatic heterocycles. The van der Waals surface area contributed by atoms with Crippen LogP contribution < -0.4 is 0 Å². The largest absolute Gasteiger partial charge is 0.206 e. The van der Waals surface area contributed by atoms with Gasteiger partial charge < -0.3 is 0 Å². The molecule has 0 aromatic heterocycles. The van der Waals surface area contributed by atoms with Crippen molar-refractivity contribution in [2.24, 2.45) is 0 Å². The number of halogens is 1. The molecule has 0 heterocycles. The summed E-state index contributed by atoms with van der Waals surface area (Å²) in [4.78, 5) is 0. The average molecular weight is 175 g/mol. The highest BCUT2D eigenvalue weighted by molar-refractivity contribution is 5.64. The lowest BCUT2D eigenvalue weighted by Crippen LogP contribution is -1.86. The first-order valence-corrected chi connectivity index (χ1v) is 4.02. The van der Waals surface area contributed by atoms with Crippen molar-refractivity contribution in [1.29, 1.82) is 5.26 Å². The summed E-state index contributed by atoms with van der Waals surface area (Å²) in [5, 5.41) is 8.50. The molecule has 66 valence electrons. The van der Waals surface area contributed by atoms with E-state index in [0.717, 1.165) is 11.1 Å². The third kappa shape index (κ3) is 1.94. The molecule has 0 saturated carbocycles. The Balaban J connectivity index is 3.19. The van der Waals surface area contributed by atoms with Crippen molar-refractivity contribution in [2.75, 3.05) is 0 Å². The molecule has 0 aliphatic rings. The molecule has 1 rings (SSSR count). The first-order valence-electron chi connectivity index (χ1n) is 4.02. The van der Waals surface area contributed by atoms with Gasteiger partial charge in [-0.15, -0.1) is 0 Å². The zero-order valence-corrected chi connectivity index (χ0v) is 7.63. The number of hydrogen-bond acceptors (Lipinski definition) is 1. The van der Waals surface area contributed by atoms with E-state index in [1.54, 1.807) is 12.1 Å². The minimum Gasteiger partial charge on any atom is -0.206 e. The number of rotatable bonds is 1. The smallest absolute Gasteiger partial charge is 0.141 e. The SMILES string of the molecule is C/C=C(\C)c1ccc(C#N)c(F)c1. The Bertz CT molecular complexity index is 386. The second-order valence-electron chi connectivity index (χ2n) is 2.78. The molecular formula is C11H10FN. The van der Waals surface area contributed by atoms with Crippen molar-refractivity contribution < 1.29 is 4.39 Å². The van der Waals surface area contributed by atoms with Crippen LogP contribution in [0.25, 0.3) is 5.57 Å². The lowest BCUT2D eigenvalue weighted by molar-refractivity contribution is 0.623. The number of hydrogen-bond donors (Lipinski definition) is 0. The van der Waals surface area contributed by atoms with Gasteiger partial charge in [-0.3, -0.25) is 0 Å². The van der Waals surface area contributed by atoms with Crippen LogP contribution in [0.15, 0.2) is 24.3 Å². The highest BCUT2D eigenvalue weighted by Crippen LogP contribution is 2.16. The monoisotopic (exact) mass is 175 g/mol. The van der Waals surface area contributed by atoms with Crippen molar-refractivity contribution in [3.05, 3.63) is 41.2 Å². The minimum absolute atomic E-state index is 0.0904. The van der Waals surface area contributed by atoms with Crippen molar-refractivity contribution in [1.82, 2.24) is 0 Å². The van der Waals surface area contributed by atoms with Crippen LogP contribution in [0.3, 0.4) is 0 Å². The maximum Gasteiger partial charge on any atom is 0.141 e. The van der Waals surface area contributed by atoms with Gasteiger partial charge in [-0.05, 0) is 37.1 Å². The molecule has 0 bridgehead atoms. The third-order valence-corrected chi connectivity index (χ3v) is 1.98. The normalized spacial score (nSPS) is 11.1. The zero-order chi connectivity index (χ0) is 9.84. The Morgan fingerprint density at radius 1 is 1.54 bits per heavy atom. The third-order valence-electron chi connectivity index (χ3n) is 1.98. The second kappa shape index (κ2) is 3.86. The van der Waals surface area contributed by atoms with Crippen LogP contribution in [-0.2, 0) is 0 Å². The van der Waals surface area contributed by atoms with Gasteiger partial charge in [0.15, 0.2) is 0 Å². The fourth-order valence-electron chi connectivity index (χ4n) is 1.02. The van der Waals surface area contributed by atoms with E-state index in [2.05, 4.69) is 0 Å². The van der Waals surface area contributed by atoms with Gasteiger partial charge in [-0.25, -0.2) is 4.39 Å². The summed E-state index contributed by atoms with van der Waals surface area (Å²) in [7, 11) is 0. The van der Waals surface area contributed by atoms with Crippen LogP contribution in [0.4, 0.5) is 4.39 Å². The predicted octanol–water partition coefficient (Wildman–Crippen LogP) is 3.12. The quantitative estimate of drug-likeness (QED) is 0.643. The highest BCUT2D eigenvalue weighted by atomic mass is 19.1. The number of nitriles is 1. The molecule has 0 saturated heterocycles. The Labute approximate surface area is 77.1 Å². The Morgan fingerprint density at radius 3 is 2.69 bits per heavy atom. The van der Waals surface area contributed by atoms with Crippen LogP contribution in [0, 0.1) is 17.1 Å². The van der Waals surface area contributed by atoms with Crippen LogP contribution in [0.5, 0.6) is 0 Å². The molecule has 1 aromatic rings. The van der Waals surface area contributed by atoms with Gasteiger partial charge in [0.25, 0.3) is 0 Å². The summed E-state index contributed by atoms with van der Waals surface area (Å²) in [6, 6.07) is 6.41. The van der Waals surface area contributed by atoms with Gasteiger partial charge >= 0.3 is 0 Å². The molecule has 0 aliphatic carbocycles. The first-order chi connectivity index (χ1) is 6.19. The number of benzene rings is 1. The summed E-state index contributed by atoms with van der Waals surface area (Å²) in [5.74, 6) is -0.457. The lowest BCUT2D eigenvalue weighted by atomic mass is 10.1. The van der Waals surface area contributed by atoms with E-state index in [1.807, 2.05) is 19.9 Å². The van der Waals surface area contributed by atoms with E-state index in [9.17, 15) is 4.39 Å². The van der Waals surface area contributed by atoms with Gasteiger partial charge in [-0.2, -0.15) is 5.26 Å². The summed E-state index contributed by atoms with van der Waals surface area (Å²) in [5.41, 5.74) is 1.91. The summed E-state index contributed by atoms with van der Waals surface area (Å²) < 4.78 is 13.1. The van der Waals surface area contributed by atoms with E-state index in [0.29, 0.717) is 0 Å². The molecule has 0 spiro atoms. The molecule has 0 unspecified atom stereocenters. The molecule has 0 radical (unpaired) electrons. The van der Waals surface area contributed by atoms with E-state index >= 15 is 0 Å². The molecular weight excluding hydrogens is 165 g/mol. The van der Waals surface area contributed by atoms with Crippen LogP contribution >= 0.6 is 0 Å². The Hall–Kier alpha value is -1.62. The minimum atomic E-state index is -0.457. The average Bonchev–Trinajstić information content (AvgIpc) is 2.16. The number of allylic oxidation sites excluding steroid dienone is 2. The maximum atomic E-state index is 13.1. The summed E-state index contributed by atoms with van der Waals surface area (Å²) >= 11 is 0. The highest BCUT2D eigenvalue weighted by Gasteiger charge is 2.02. The number of nitrogens with zero attached hydrogens (tertiary/aromatic N) is 1. The molecule has 2 heteroatoms. The fourth-order valence-corrected chi connectivity index (χ4v) is 1.02. The van der Waals surface area contributed by atoms with Gasteiger partial charge in [0.2, 0.25) is 0 Å². The predicted molar refractivity (Wildman–Crippen MR) is 50.4 cm³/mol. The van der Waals surface area contributed by atoms with Crippen molar-refractivity contribution in [3.8, 4) is 6.07 Å². The van der Waals surface area contributed by atoms with E-state index in [-0.39, 0.29) is 5.56 Å². The Morgan fingerprint density at radius 2 is 2.23 bits per heavy atom. The van der Waals surface area contributed by atoms with Crippen molar-refractivity contribution in [3.63, 3.8) is 0 Å². The molecule has 1 nitrogen and oxygen atoms in total. The second-order valence-corrected chi connectivity index (χ2v) is 2.78. The standard InChI is InChI=1S/C11H10FN/c1-3-8(2)9-4-5-10(7-13)11(12)6-9/h3-6H,1-2H3/b8-3+. The van der Waals surface area contributed by atoms with E-state index in [4.69, 9.17) is 5.26 Å². The van der Waals surface area contributed by atoms with E-state index in [1.165, 1.54) is 12.1 Å². The zero-order valence-electron chi connectivity index (χ0n) is 7.63. The molecule has 13 heavy (non-hydrogen) atoms. The van der Waals surface area contributed by atoms with Crippen LogP contribution in [0.2, 0.25) is 0 Å². The van der Waals surface area contributed by atoms with Gasteiger partial charge in [0, 0.05) is 0 Å². The van der Waals surface area contributed by atoms with Crippen molar-refractivity contribution >= 4 is 5.57 Å². The summed E-state index contributed by atoms with van der Waals surface area (Å²) in [6.45, 7) is 3.80. The van der Waals surface area contributed by atoms with Crippen molar-refractivity contribution in [2.45, 2.75) is 13.8 Å². The fraction of sp³-hybridized carbons (Fsp3) is 0.182. The molecule has 0 atom stereocenters. The van der Waals surface area contributed by atoms with E-state index < -0.39 is 5.82 Å². The van der Waals surface area contributed by atoms with Gasteiger partial charge in [-0.1, -0.05) is 12.1 Å².